The third-order valence-corrected chi connectivity index (χ3v) is 6.54. The summed E-state index contributed by atoms with van der Waals surface area (Å²) in [6, 6.07) is 3.85. The summed E-state index contributed by atoms with van der Waals surface area (Å²) in [6.45, 7) is 4.96. The zero-order valence-corrected chi connectivity index (χ0v) is 15.7. The molecule has 2 saturated heterocycles. The molecule has 4 rings (SSSR count). The SMILES string of the molecule is Cc1ccc(C(=O)N2CCN(CN3C(=O)[C@H]4CC=CC[C@@H]4C3=O)CC2)s1. The monoisotopic (exact) mass is 373 g/mol. The Morgan fingerprint density at radius 3 is 2.19 bits per heavy atom. The van der Waals surface area contributed by atoms with Crippen LogP contribution < -0.4 is 0 Å². The number of piperazine rings is 1. The molecule has 0 radical (unpaired) electrons. The lowest BCUT2D eigenvalue weighted by Gasteiger charge is -2.36. The molecule has 2 fully saturated rings. The lowest BCUT2D eigenvalue weighted by molar-refractivity contribution is -0.142. The fourth-order valence-electron chi connectivity index (χ4n) is 4.01. The van der Waals surface area contributed by atoms with Crippen LogP contribution in [0.5, 0.6) is 0 Å². The fourth-order valence-corrected chi connectivity index (χ4v) is 4.84. The van der Waals surface area contributed by atoms with E-state index in [1.807, 2.05) is 36.1 Å². The molecule has 0 aromatic carbocycles. The molecule has 2 atom stereocenters. The standard InChI is InChI=1S/C19H23N3O3S/c1-13-6-7-16(26-13)19(25)21-10-8-20(9-11-21)12-22-17(23)14-4-2-3-5-15(14)18(22)24/h2-3,6-7,14-15H,4-5,8-12H2,1H3/t14-,15-/m0/s1. The Morgan fingerprint density at radius 2 is 1.65 bits per heavy atom. The Labute approximate surface area is 157 Å². The molecule has 7 heteroatoms. The van der Waals surface area contributed by atoms with E-state index >= 15 is 0 Å². The van der Waals surface area contributed by atoms with Crippen LogP contribution in [0.3, 0.4) is 0 Å². The maximum absolute atomic E-state index is 12.6. The molecule has 1 aromatic heterocycles. The van der Waals surface area contributed by atoms with E-state index < -0.39 is 0 Å². The van der Waals surface area contributed by atoms with Crippen molar-refractivity contribution in [3.05, 3.63) is 34.0 Å². The lowest BCUT2D eigenvalue weighted by atomic mass is 9.85. The van der Waals surface area contributed by atoms with Crippen molar-refractivity contribution in [2.24, 2.45) is 11.8 Å². The van der Waals surface area contributed by atoms with Gasteiger partial charge in [0.1, 0.15) is 0 Å². The topological polar surface area (TPSA) is 60.9 Å². The highest BCUT2D eigenvalue weighted by molar-refractivity contribution is 7.13. The van der Waals surface area contributed by atoms with Crippen LogP contribution in [-0.4, -0.2) is 65.3 Å². The van der Waals surface area contributed by atoms with E-state index in [0.717, 1.165) is 9.75 Å². The molecule has 6 nitrogen and oxygen atoms in total. The summed E-state index contributed by atoms with van der Waals surface area (Å²) in [7, 11) is 0. The molecule has 0 spiro atoms. The third-order valence-electron chi connectivity index (χ3n) is 5.55. The van der Waals surface area contributed by atoms with E-state index in [2.05, 4.69) is 4.90 Å². The molecular formula is C19H23N3O3S. The molecule has 3 heterocycles. The van der Waals surface area contributed by atoms with E-state index in [-0.39, 0.29) is 29.6 Å². The van der Waals surface area contributed by atoms with Gasteiger partial charge in [0.25, 0.3) is 5.91 Å². The van der Waals surface area contributed by atoms with Gasteiger partial charge < -0.3 is 4.90 Å². The minimum atomic E-state index is -0.169. The number of likely N-dealkylation sites (tertiary alicyclic amines) is 1. The first kappa shape index (κ1) is 17.4. The second-order valence-electron chi connectivity index (χ2n) is 7.22. The normalized spacial score (nSPS) is 26.5. The molecule has 1 aliphatic carbocycles. The summed E-state index contributed by atoms with van der Waals surface area (Å²) in [5.74, 6) is -0.322. The number of carbonyl (C=O) groups is 3. The average Bonchev–Trinajstić information content (AvgIpc) is 3.20. The van der Waals surface area contributed by atoms with E-state index in [9.17, 15) is 14.4 Å². The number of hydrogen-bond donors (Lipinski definition) is 0. The quantitative estimate of drug-likeness (QED) is 0.598. The maximum atomic E-state index is 12.6. The Hall–Kier alpha value is -1.99. The van der Waals surface area contributed by atoms with Crippen LogP contribution in [0.15, 0.2) is 24.3 Å². The zero-order valence-electron chi connectivity index (χ0n) is 14.9. The highest BCUT2D eigenvalue weighted by Crippen LogP contribution is 2.35. The molecule has 3 aliphatic rings. The van der Waals surface area contributed by atoms with Gasteiger partial charge >= 0.3 is 0 Å². The molecule has 138 valence electrons. The minimum Gasteiger partial charge on any atom is -0.335 e. The molecule has 26 heavy (non-hydrogen) atoms. The van der Waals surface area contributed by atoms with Crippen LogP contribution in [0.4, 0.5) is 0 Å². The summed E-state index contributed by atoms with van der Waals surface area (Å²) < 4.78 is 0. The number of aryl methyl sites for hydroxylation is 1. The Balaban J connectivity index is 1.33. The van der Waals surface area contributed by atoms with Gasteiger partial charge in [-0.2, -0.15) is 0 Å². The first-order valence-electron chi connectivity index (χ1n) is 9.13. The molecule has 0 bridgehead atoms. The zero-order chi connectivity index (χ0) is 18.3. The number of rotatable bonds is 3. The number of fused-ring (bicyclic) bond motifs is 1. The number of hydrogen-bond acceptors (Lipinski definition) is 5. The van der Waals surface area contributed by atoms with Gasteiger partial charge in [-0.25, -0.2) is 0 Å². The van der Waals surface area contributed by atoms with Crippen molar-refractivity contribution in [1.82, 2.24) is 14.7 Å². The van der Waals surface area contributed by atoms with Gasteiger partial charge in [-0.3, -0.25) is 24.2 Å². The van der Waals surface area contributed by atoms with Gasteiger partial charge in [0.15, 0.2) is 0 Å². The van der Waals surface area contributed by atoms with Crippen LogP contribution in [0, 0.1) is 18.8 Å². The molecule has 3 amide bonds. The van der Waals surface area contributed by atoms with Crippen molar-refractivity contribution >= 4 is 29.1 Å². The second kappa shape index (κ2) is 6.96. The van der Waals surface area contributed by atoms with Crippen molar-refractivity contribution in [1.29, 1.82) is 0 Å². The van der Waals surface area contributed by atoms with Crippen LogP contribution in [0.25, 0.3) is 0 Å². The van der Waals surface area contributed by atoms with Crippen LogP contribution in [0.2, 0.25) is 0 Å². The van der Waals surface area contributed by atoms with Gasteiger partial charge in [-0.15, -0.1) is 11.3 Å². The first-order valence-corrected chi connectivity index (χ1v) is 9.94. The first-order chi connectivity index (χ1) is 12.5. The van der Waals surface area contributed by atoms with Crippen molar-refractivity contribution in [2.45, 2.75) is 19.8 Å². The summed E-state index contributed by atoms with van der Waals surface area (Å²) in [4.78, 5) is 45.0. The highest BCUT2D eigenvalue weighted by Gasteiger charge is 2.47. The second-order valence-corrected chi connectivity index (χ2v) is 8.51. The van der Waals surface area contributed by atoms with Gasteiger partial charge in [0.2, 0.25) is 11.8 Å². The van der Waals surface area contributed by atoms with E-state index in [1.54, 1.807) is 0 Å². The van der Waals surface area contributed by atoms with Crippen LogP contribution in [0.1, 0.15) is 27.4 Å². The Morgan fingerprint density at radius 1 is 1.04 bits per heavy atom. The van der Waals surface area contributed by atoms with Crippen molar-refractivity contribution < 1.29 is 14.4 Å². The molecule has 0 saturated carbocycles. The number of allylic oxidation sites excluding steroid dienone is 2. The molecular weight excluding hydrogens is 350 g/mol. The van der Waals surface area contributed by atoms with Crippen molar-refractivity contribution in [3.8, 4) is 0 Å². The van der Waals surface area contributed by atoms with E-state index in [4.69, 9.17) is 0 Å². The summed E-state index contributed by atoms with van der Waals surface area (Å²) >= 11 is 1.52. The predicted molar refractivity (Wildman–Crippen MR) is 98.6 cm³/mol. The summed E-state index contributed by atoms with van der Waals surface area (Å²) in [5, 5.41) is 0. The molecule has 2 aliphatic heterocycles. The molecule has 0 N–H and O–H groups in total. The Kier molecular flexibility index (Phi) is 4.67. The predicted octanol–water partition coefficient (Wildman–Crippen LogP) is 1.72. The number of thiophene rings is 1. The average molecular weight is 373 g/mol. The highest BCUT2D eigenvalue weighted by atomic mass is 32.1. The van der Waals surface area contributed by atoms with E-state index in [1.165, 1.54) is 16.2 Å². The van der Waals surface area contributed by atoms with Gasteiger partial charge in [-0.05, 0) is 31.9 Å². The van der Waals surface area contributed by atoms with Crippen molar-refractivity contribution in [3.63, 3.8) is 0 Å². The largest absolute Gasteiger partial charge is 0.335 e. The van der Waals surface area contributed by atoms with Gasteiger partial charge in [-0.1, -0.05) is 12.2 Å². The molecule has 0 unspecified atom stereocenters. The van der Waals surface area contributed by atoms with Crippen LogP contribution >= 0.6 is 11.3 Å². The smallest absolute Gasteiger partial charge is 0.264 e. The lowest BCUT2D eigenvalue weighted by Crippen LogP contribution is -2.52. The van der Waals surface area contributed by atoms with Crippen molar-refractivity contribution in [2.75, 3.05) is 32.8 Å². The van der Waals surface area contributed by atoms with E-state index in [0.29, 0.717) is 45.7 Å². The summed E-state index contributed by atoms with van der Waals surface area (Å²) in [5.41, 5.74) is 0. The number of nitrogens with zero attached hydrogens (tertiary/aromatic N) is 3. The van der Waals surface area contributed by atoms with Gasteiger partial charge in [0, 0.05) is 31.1 Å². The van der Waals surface area contributed by atoms with Gasteiger partial charge in [0.05, 0.1) is 23.4 Å². The maximum Gasteiger partial charge on any atom is 0.264 e. The third kappa shape index (κ3) is 3.10. The molecule has 1 aromatic rings. The number of amides is 3. The fraction of sp³-hybridized carbons (Fsp3) is 0.526. The number of carbonyl (C=O) groups excluding carboxylic acids is 3. The Bertz CT molecular complexity index is 738. The summed E-state index contributed by atoms with van der Waals surface area (Å²) in [6.07, 6.45) is 5.36. The number of imide groups is 1. The van der Waals surface area contributed by atoms with Crippen LogP contribution in [-0.2, 0) is 9.59 Å². The minimum absolute atomic E-state index is 0.0306.